The van der Waals surface area contributed by atoms with Gasteiger partial charge in [0, 0.05) is 6.54 Å². The van der Waals surface area contributed by atoms with Crippen molar-refractivity contribution in [3.05, 3.63) is 64.4 Å². The molecule has 4 heteroatoms. The number of ether oxygens (including phenoxy) is 1. The van der Waals surface area contributed by atoms with Crippen molar-refractivity contribution in [1.29, 1.82) is 0 Å². The van der Waals surface area contributed by atoms with Crippen molar-refractivity contribution in [3.63, 3.8) is 0 Å². The maximum absolute atomic E-state index is 13.5. The highest BCUT2D eigenvalue weighted by atomic mass is 35.5. The van der Waals surface area contributed by atoms with Gasteiger partial charge in [0.15, 0.2) is 0 Å². The molecule has 0 radical (unpaired) electrons. The fraction of sp³-hybridized carbons (Fsp3) is 0.333. The van der Waals surface area contributed by atoms with Crippen molar-refractivity contribution < 1.29 is 9.13 Å². The maximum atomic E-state index is 13.5. The largest absolute Gasteiger partial charge is 0.492 e. The number of halogens is 2. The summed E-state index contributed by atoms with van der Waals surface area (Å²) in [6, 6.07) is 12.7. The van der Waals surface area contributed by atoms with Crippen LogP contribution >= 0.6 is 11.6 Å². The third kappa shape index (κ3) is 5.00. The average molecular weight is 322 g/mol. The lowest BCUT2D eigenvalue weighted by Gasteiger charge is -2.10. The van der Waals surface area contributed by atoms with E-state index in [9.17, 15) is 4.39 Å². The summed E-state index contributed by atoms with van der Waals surface area (Å²) in [4.78, 5) is 0. The molecule has 0 saturated heterocycles. The Bertz CT molecular complexity index is 603. The van der Waals surface area contributed by atoms with Gasteiger partial charge in [-0.3, -0.25) is 0 Å². The normalized spacial score (nSPS) is 10.7. The fourth-order valence-electron chi connectivity index (χ4n) is 2.14. The molecule has 1 N–H and O–H groups in total. The second-order valence-corrected chi connectivity index (χ2v) is 5.54. The molecule has 22 heavy (non-hydrogen) atoms. The Labute approximate surface area is 136 Å². The van der Waals surface area contributed by atoms with E-state index in [-0.39, 0.29) is 5.82 Å². The first-order valence-electron chi connectivity index (χ1n) is 7.56. The van der Waals surface area contributed by atoms with Gasteiger partial charge in [-0.1, -0.05) is 42.8 Å². The molecule has 0 aromatic heterocycles. The second kappa shape index (κ2) is 8.76. The van der Waals surface area contributed by atoms with Crippen LogP contribution in [0.2, 0.25) is 5.02 Å². The lowest BCUT2D eigenvalue weighted by atomic mass is 10.1. The van der Waals surface area contributed by atoms with E-state index in [1.807, 2.05) is 30.3 Å². The zero-order chi connectivity index (χ0) is 15.8. The first kappa shape index (κ1) is 16.8. The highest BCUT2D eigenvalue weighted by Gasteiger charge is 2.03. The Morgan fingerprint density at radius 2 is 2.00 bits per heavy atom. The predicted molar refractivity (Wildman–Crippen MR) is 89.0 cm³/mol. The summed E-state index contributed by atoms with van der Waals surface area (Å²) in [5.41, 5.74) is 1.82. The van der Waals surface area contributed by atoms with Gasteiger partial charge in [0.05, 0.1) is 11.6 Å². The standard InChI is InChI=1S/C18H21ClFNO/c1-2-11-22-18-8-7-14(12-16(18)19)13-21-10-9-15-5-3-4-6-17(15)20/h3-8,12,21H,2,9-11,13H2,1H3. The molecule has 2 aromatic rings. The lowest BCUT2D eigenvalue weighted by Crippen LogP contribution is -2.17. The summed E-state index contributed by atoms with van der Waals surface area (Å²) in [6.45, 7) is 4.14. The van der Waals surface area contributed by atoms with Crippen LogP contribution in [-0.4, -0.2) is 13.2 Å². The third-order valence-corrected chi connectivity index (χ3v) is 3.61. The molecule has 0 fully saturated rings. The van der Waals surface area contributed by atoms with E-state index >= 15 is 0 Å². The summed E-state index contributed by atoms with van der Waals surface area (Å²) >= 11 is 6.19. The van der Waals surface area contributed by atoms with Crippen LogP contribution in [0.15, 0.2) is 42.5 Å². The van der Waals surface area contributed by atoms with Crippen molar-refractivity contribution >= 4 is 11.6 Å². The van der Waals surface area contributed by atoms with Gasteiger partial charge in [-0.05, 0) is 48.7 Å². The minimum absolute atomic E-state index is 0.148. The number of hydrogen-bond acceptors (Lipinski definition) is 2. The van der Waals surface area contributed by atoms with Crippen molar-refractivity contribution in [2.24, 2.45) is 0 Å². The molecule has 0 unspecified atom stereocenters. The summed E-state index contributed by atoms with van der Waals surface area (Å²) in [7, 11) is 0. The average Bonchev–Trinajstić information content (AvgIpc) is 2.52. The van der Waals surface area contributed by atoms with E-state index in [0.717, 1.165) is 23.3 Å². The molecular formula is C18H21ClFNO. The molecule has 0 amide bonds. The SMILES string of the molecule is CCCOc1ccc(CNCCc2ccccc2F)cc1Cl. The van der Waals surface area contributed by atoms with Crippen LogP contribution in [0, 0.1) is 5.82 Å². The highest BCUT2D eigenvalue weighted by molar-refractivity contribution is 6.32. The Morgan fingerprint density at radius 1 is 1.18 bits per heavy atom. The Morgan fingerprint density at radius 3 is 2.73 bits per heavy atom. The van der Waals surface area contributed by atoms with E-state index in [1.54, 1.807) is 6.07 Å². The van der Waals surface area contributed by atoms with E-state index in [1.165, 1.54) is 6.07 Å². The van der Waals surface area contributed by atoms with Crippen LogP contribution in [-0.2, 0) is 13.0 Å². The molecule has 118 valence electrons. The summed E-state index contributed by atoms with van der Waals surface area (Å²) in [5.74, 6) is 0.573. The van der Waals surface area contributed by atoms with Gasteiger partial charge in [0.2, 0.25) is 0 Å². The van der Waals surface area contributed by atoms with Gasteiger partial charge in [0.25, 0.3) is 0 Å². The number of benzene rings is 2. The molecule has 2 aromatic carbocycles. The molecule has 2 rings (SSSR count). The maximum Gasteiger partial charge on any atom is 0.137 e. The molecular weight excluding hydrogens is 301 g/mol. The van der Waals surface area contributed by atoms with Crippen LogP contribution in [0.5, 0.6) is 5.75 Å². The van der Waals surface area contributed by atoms with Crippen LogP contribution in [0.4, 0.5) is 4.39 Å². The first-order valence-corrected chi connectivity index (χ1v) is 7.94. The monoisotopic (exact) mass is 321 g/mol. The molecule has 0 atom stereocenters. The van der Waals surface area contributed by atoms with Crippen LogP contribution in [0.1, 0.15) is 24.5 Å². The Kier molecular flexibility index (Phi) is 6.69. The van der Waals surface area contributed by atoms with Gasteiger partial charge in [0.1, 0.15) is 11.6 Å². The van der Waals surface area contributed by atoms with Crippen molar-refractivity contribution in [2.45, 2.75) is 26.3 Å². The van der Waals surface area contributed by atoms with Gasteiger partial charge in [-0.15, -0.1) is 0 Å². The minimum Gasteiger partial charge on any atom is -0.492 e. The zero-order valence-electron chi connectivity index (χ0n) is 12.7. The van der Waals surface area contributed by atoms with Crippen LogP contribution in [0.25, 0.3) is 0 Å². The Hall–Kier alpha value is -1.58. The fourth-order valence-corrected chi connectivity index (χ4v) is 2.40. The van der Waals surface area contributed by atoms with Crippen molar-refractivity contribution in [1.82, 2.24) is 5.32 Å². The van der Waals surface area contributed by atoms with E-state index in [2.05, 4.69) is 12.2 Å². The number of nitrogens with one attached hydrogen (secondary N) is 1. The molecule has 0 bridgehead atoms. The van der Waals surface area contributed by atoms with Crippen LogP contribution < -0.4 is 10.1 Å². The van der Waals surface area contributed by atoms with Crippen molar-refractivity contribution in [2.75, 3.05) is 13.2 Å². The molecule has 0 heterocycles. The topological polar surface area (TPSA) is 21.3 Å². The smallest absolute Gasteiger partial charge is 0.137 e. The van der Waals surface area contributed by atoms with Gasteiger partial charge >= 0.3 is 0 Å². The lowest BCUT2D eigenvalue weighted by molar-refractivity contribution is 0.317. The quantitative estimate of drug-likeness (QED) is 0.717. The molecule has 0 saturated carbocycles. The zero-order valence-corrected chi connectivity index (χ0v) is 13.5. The highest BCUT2D eigenvalue weighted by Crippen LogP contribution is 2.25. The predicted octanol–water partition coefficient (Wildman–Crippen LogP) is 4.60. The van der Waals surface area contributed by atoms with Gasteiger partial charge in [-0.25, -0.2) is 4.39 Å². The van der Waals surface area contributed by atoms with E-state index in [0.29, 0.717) is 31.1 Å². The molecule has 0 spiro atoms. The first-order chi connectivity index (χ1) is 10.7. The number of rotatable bonds is 8. The number of hydrogen-bond donors (Lipinski definition) is 1. The van der Waals surface area contributed by atoms with Gasteiger partial charge in [-0.2, -0.15) is 0 Å². The summed E-state index contributed by atoms with van der Waals surface area (Å²) in [5, 5.41) is 3.93. The minimum atomic E-state index is -0.148. The second-order valence-electron chi connectivity index (χ2n) is 5.13. The third-order valence-electron chi connectivity index (χ3n) is 3.32. The molecule has 0 aliphatic heterocycles. The summed E-state index contributed by atoms with van der Waals surface area (Å²) < 4.78 is 19.0. The van der Waals surface area contributed by atoms with Crippen LogP contribution in [0.3, 0.4) is 0 Å². The molecule has 0 aliphatic rings. The summed E-state index contributed by atoms with van der Waals surface area (Å²) in [6.07, 6.45) is 1.62. The van der Waals surface area contributed by atoms with Crippen molar-refractivity contribution in [3.8, 4) is 5.75 Å². The molecule has 2 nitrogen and oxygen atoms in total. The van der Waals surface area contributed by atoms with Gasteiger partial charge < -0.3 is 10.1 Å². The Balaban J connectivity index is 1.79. The van der Waals surface area contributed by atoms with E-state index < -0.39 is 0 Å². The molecule has 0 aliphatic carbocycles. The van der Waals surface area contributed by atoms with E-state index in [4.69, 9.17) is 16.3 Å².